The summed E-state index contributed by atoms with van der Waals surface area (Å²) < 4.78 is 0. The van der Waals surface area contributed by atoms with Gasteiger partial charge in [-0.3, -0.25) is 0 Å². The molecule has 0 atom stereocenters. The summed E-state index contributed by atoms with van der Waals surface area (Å²) in [7, 11) is 0. The summed E-state index contributed by atoms with van der Waals surface area (Å²) in [6.45, 7) is 0. The number of aromatic carboxylic acids is 1. The smallest absolute Gasteiger partial charge is 0.336 e. The van der Waals surface area contributed by atoms with Crippen molar-refractivity contribution in [2.75, 3.05) is 0 Å². The van der Waals surface area contributed by atoms with Crippen LogP contribution in [0.25, 0.3) is 6.08 Å². The highest BCUT2D eigenvalue weighted by atomic mass is 79.9. The van der Waals surface area contributed by atoms with Gasteiger partial charge in [-0.25, -0.2) is 4.79 Å². The van der Waals surface area contributed by atoms with Crippen molar-refractivity contribution in [1.82, 2.24) is 0 Å². The van der Waals surface area contributed by atoms with Crippen LogP contribution in [0.2, 0.25) is 0 Å². The quantitative estimate of drug-likeness (QED) is 0.843. The van der Waals surface area contributed by atoms with Crippen molar-refractivity contribution in [3.05, 3.63) is 40.4 Å². The zero-order valence-corrected chi connectivity index (χ0v) is 7.78. The predicted octanol–water partition coefficient (Wildman–Crippen LogP) is 2.75. The predicted molar refractivity (Wildman–Crippen MR) is 51.4 cm³/mol. The number of hydrogen-bond acceptors (Lipinski definition) is 1. The van der Waals surface area contributed by atoms with Gasteiger partial charge in [0, 0.05) is 0 Å². The third-order valence-electron chi connectivity index (χ3n) is 1.43. The van der Waals surface area contributed by atoms with Crippen LogP contribution in [0.5, 0.6) is 0 Å². The second-order valence-electron chi connectivity index (χ2n) is 2.19. The first-order valence-electron chi connectivity index (χ1n) is 3.35. The van der Waals surface area contributed by atoms with Crippen molar-refractivity contribution >= 4 is 28.0 Å². The molecule has 0 amide bonds. The van der Waals surface area contributed by atoms with Gasteiger partial charge in [0.05, 0.1) is 5.56 Å². The van der Waals surface area contributed by atoms with E-state index in [1.54, 1.807) is 35.3 Å². The Labute approximate surface area is 78.7 Å². The van der Waals surface area contributed by atoms with Crippen LogP contribution in [-0.2, 0) is 0 Å². The highest BCUT2D eigenvalue weighted by Crippen LogP contribution is 2.11. The Kier molecular flexibility index (Phi) is 3.05. The molecule has 2 nitrogen and oxygen atoms in total. The Morgan fingerprint density at radius 1 is 1.42 bits per heavy atom. The van der Waals surface area contributed by atoms with Crippen LogP contribution in [0.1, 0.15) is 15.9 Å². The highest BCUT2D eigenvalue weighted by Gasteiger charge is 2.04. The molecule has 0 aliphatic heterocycles. The van der Waals surface area contributed by atoms with E-state index >= 15 is 0 Å². The Morgan fingerprint density at radius 2 is 2.08 bits per heavy atom. The molecule has 1 aromatic carbocycles. The van der Waals surface area contributed by atoms with Crippen molar-refractivity contribution in [2.24, 2.45) is 0 Å². The van der Waals surface area contributed by atoms with Crippen molar-refractivity contribution < 1.29 is 9.90 Å². The van der Waals surface area contributed by atoms with Gasteiger partial charge in [0.1, 0.15) is 0 Å². The maximum absolute atomic E-state index is 10.6. The van der Waals surface area contributed by atoms with Crippen molar-refractivity contribution in [2.45, 2.75) is 0 Å². The average Bonchev–Trinajstić information content (AvgIpc) is 2.05. The first-order chi connectivity index (χ1) is 5.75. The summed E-state index contributed by atoms with van der Waals surface area (Å²) in [4.78, 5) is 12.3. The number of carbonyl (C=O) groups is 1. The number of rotatable bonds is 2. The van der Waals surface area contributed by atoms with E-state index in [9.17, 15) is 4.79 Å². The van der Waals surface area contributed by atoms with E-state index in [1.807, 2.05) is 0 Å². The van der Waals surface area contributed by atoms with Gasteiger partial charge < -0.3 is 5.11 Å². The summed E-state index contributed by atoms with van der Waals surface area (Å²) in [6.07, 6.45) is 1.70. The maximum Gasteiger partial charge on any atom is 0.336 e. The lowest BCUT2D eigenvalue weighted by Crippen LogP contribution is -1.98. The van der Waals surface area contributed by atoms with Gasteiger partial charge >= 0.3 is 5.97 Å². The molecule has 0 aliphatic carbocycles. The molecule has 62 valence electrons. The SMILES string of the molecule is O=C(O)c1ccccc1/C=C/Br. The molecule has 1 N–H and O–H groups in total. The monoisotopic (exact) mass is 226 g/mol. The topological polar surface area (TPSA) is 37.3 Å². The van der Waals surface area contributed by atoms with Crippen LogP contribution in [0.15, 0.2) is 29.3 Å². The molecule has 1 rings (SSSR count). The minimum Gasteiger partial charge on any atom is -0.478 e. The average molecular weight is 227 g/mol. The summed E-state index contributed by atoms with van der Waals surface area (Å²) in [5, 5.41) is 8.74. The summed E-state index contributed by atoms with van der Waals surface area (Å²) in [5.74, 6) is -0.906. The van der Waals surface area contributed by atoms with Gasteiger partial charge in [0.2, 0.25) is 0 Å². The van der Waals surface area contributed by atoms with E-state index in [0.29, 0.717) is 11.1 Å². The van der Waals surface area contributed by atoms with Gasteiger partial charge in [0.15, 0.2) is 0 Å². The zero-order valence-electron chi connectivity index (χ0n) is 6.20. The van der Waals surface area contributed by atoms with E-state index in [1.165, 1.54) is 0 Å². The normalized spacial score (nSPS) is 10.4. The van der Waals surface area contributed by atoms with Crippen molar-refractivity contribution in [3.63, 3.8) is 0 Å². The Bertz CT molecular complexity index is 318. The lowest BCUT2D eigenvalue weighted by atomic mass is 10.1. The van der Waals surface area contributed by atoms with E-state index in [-0.39, 0.29) is 0 Å². The number of carboxylic acid groups (broad SMARTS) is 1. The molecule has 0 spiro atoms. The van der Waals surface area contributed by atoms with Gasteiger partial charge in [-0.15, -0.1) is 0 Å². The molecule has 0 radical (unpaired) electrons. The molecule has 0 heterocycles. The fraction of sp³-hybridized carbons (Fsp3) is 0. The zero-order chi connectivity index (χ0) is 8.97. The standard InChI is InChI=1S/C9H7BrO2/c10-6-5-7-3-1-2-4-8(7)9(11)12/h1-6H,(H,11,12)/b6-5+. The molecule has 0 saturated carbocycles. The summed E-state index contributed by atoms with van der Waals surface area (Å²) in [5.41, 5.74) is 1.01. The lowest BCUT2D eigenvalue weighted by Gasteiger charge is -1.98. The second kappa shape index (κ2) is 4.07. The second-order valence-corrected chi connectivity index (χ2v) is 2.71. The van der Waals surface area contributed by atoms with Gasteiger partial charge in [-0.2, -0.15) is 0 Å². The fourth-order valence-electron chi connectivity index (χ4n) is 0.905. The first kappa shape index (κ1) is 9.00. The van der Waals surface area contributed by atoms with Crippen LogP contribution in [0, 0.1) is 0 Å². The molecule has 0 fully saturated rings. The molecule has 0 aliphatic rings. The number of hydrogen-bond donors (Lipinski definition) is 1. The summed E-state index contributed by atoms with van der Waals surface area (Å²) >= 11 is 3.10. The molecule has 12 heavy (non-hydrogen) atoms. The van der Waals surface area contributed by atoms with Crippen LogP contribution in [-0.4, -0.2) is 11.1 Å². The lowest BCUT2D eigenvalue weighted by molar-refractivity contribution is 0.0696. The molecule has 0 unspecified atom stereocenters. The minimum atomic E-state index is -0.906. The highest BCUT2D eigenvalue weighted by molar-refractivity contribution is 9.11. The molecule has 0 bridgehead atoms. The third-order valence-corrected chi connectivity index (χ3v) is 1.70. The maximum atomic E-state index is 10.6. The largest absolute Gasteiger partial charge is 0.478 e. The molecule has 0 saturated heterocycles. The van der Waals surface area contributed by atoms with Gasteiger partial charge in [-0.05, 0) is 22.7 Å². The number of halogens is 1. The summed E-state index contributed by atoms with van der Waals surface area (Å²) in [6, 6.07) is 6.83. The Balaban J connectivity index is 3.17. The van der Waals surface area contributed by atoms with Gasteiger partial charge in [0.25, 0.3) is 0 Å². The van der Waals surface area contributed by atoms with E-state index < -0.39 is 5.97 Å². The fourth-order valence-corrected chi connectivity index (χ4v) is 1.19. The Hall–Kier alpha value is -1.09. The van der Waals surface area contributed by atoms with Gasteiger partial charge in [-0.1, -0.05) is 34.1 Å². The van der Waals surface area contributed by atoms with Crippen molar-refractivity contribution in [1.29, 1.82) is 0 Å². The van der Waals surface area contributed by atoms with E-state index in [0.717, 1.165) is 0 Å². The Morgan fingerprint density at radius 3 is 2.67 bits per heavy atom. The molecule has 0 aromatic heterocycles. The number of carboxylic acids is 1. The molecule has 1 aromatic rings. The molecule has 3 heteroatoms. The molecular formula is C9H7BrO2. The minimum absolute atomic E-state index is 0.313. The van der Waals surface area contributed by atoms with Crippen LogP contribution in [0.4, 0.5) is 0 Å². The van der Waals surface area contributed by atoms with E-state index in [4.69, 9.17) is 5.11 Å². The third kappa shape index (κ3) is 1.95. The van der Waals surface area contributed by atoms with E-state index in [2.05, 4.69) is 15.9 Å². The number of benzene rings is 1. The van der Waals surface area contributed by atoms with Crippen LogP contribution in [0.3, 0.4) is 0 Å². The van der Waals surface area contributed by atoms with Crippen molar-refractivity contribution in [3.8, 4) is 0 Å². The molecular weight excluding hydrogens is 220 g/mol. The van der Waals surface area contributed by atoms with Crippen LogP contribution < -0.4 is 0 Å². The van der Waals surface area contributed by atoms with Crippen LogP contribution >= 0.6 is 15.9 Å². The first-order valence-corrected chi connectivity index (χ1v) is 4.26.